The van der Waals surface area contributed by atoms with Crippen molar-refractivity contribution in [2.45, 2.75) is 12.8 Å². The van der Waals surface area contributed by atoms with E-state index in [0.717, 1.165) is 5.69 Å². The molecule has 17 heavy (non-hydrogen) atoms. The zero-order valence-corrected chi connectivity index (χ0v) is 11.4. The van der Waals surface area contributed by atoms with Crippen molar-refractivity contribution in [2.75, 3.05) is 11.1 Å². The minimum Gasteiger partial charge on any atom is -0.481 e. The Kier molecular flexibility index (Phi) is 6.32. The van der Waals surface area contributed by atoms with Gasteiger partial charge in [0.15, 0.2) is 0 Å². The second kappa shape index (κ2) is 7.53. The molecular formula is C11H12ClNO2S2. The fourth-order valence-corrected chi connectivity index (χ4v) is 2.23. The predicted molar refractivity (Wildman–Crippen MR) is 77.0 cm³/mol. The molecule has 3 nitrogen and oxygen atoms in total. The smallest absolute Gasteiger partial charge is 0.303 e. The minimum atomic E-state index is -0.776. The van der Waals surface area contributed by atoms with Gasteiger partial charge in [0, 0.05) is 22.9 Å². The lowest BCUT2D eigenvalue weighted by Crippen LogP contribution is -2.05. The Balaban J connectivity index is 2.25. The highest BCUT2D eigenvalue weighted by Crippen LogP contribution is 2.16. The van der Waals surface area contributed by atoms with Crippen LogP contribution < -0.4 is 5.32 Å². The first-order valence-corrected chi connectivity index (χ1v) is 6.76. The molecule has 0 aliphatic heterocycles. The van der Waals surface area contributed by atoms with Gasteiger partial charge in [0.2, 0.25) is 0 Å². The number of carboxylic acid groups (broad SMARTS) is 1. The lowest BCUT2D eigenvalue weighted by atomic mass is 10.3. The summed E-state index contributed by atoms with van der Waals surface area (Å²) in [6, 6.07) is 7.24. The molecule has 0 amide bonds. The monoisotopic (exact) mass is 289 g/mol. The molecular weight excluding hydrogens is 278 g/mol. The van der Waals surface area contributed by atoms with E-state index in [1.807, 2.05) is 12.1 Å². The van der Waals surface area contributed by atoms with Gasteiger partial charge in [-0.1, -0.05) is 35.6 Å². The number of thioether (sulfide) groups is 1. The van der Waals surface area contributed by atoms with Crippen molar-refractivity contribution in [3.8, 4) is 0 Å². The SMILES string of the molecule is O=C(O)CCCSC(=S)Nc1ccc(Cl)cc1. The number of anilines is 1. The van der Waals surface area contributed by atoms with Crippen LogP contribution in [0.1, 0.15) is 12.8 Å². The van der Waals surface area contributed by atoms with Gasteiger partial charge in [-0.3, -0.25) is 4.79 Å². The number of benzene rings is 1. The van der Waals surface area contributed by atoms with Crippen LogP contribution in [0.25, 0.3) is 0 Å². The third-order valence-electron chi connectivity index (χ3n) is 1.86. The summed E-state index contributed by atoms with van der Waals surface area (Å²) in [5.41, 5.74) is 0.880. The van der Waals surface area contributed by atoms with Crippen LogP contribution in [0.2, 0.25) is 5.02 Å². The van der Waals surface area contributed by atoms with Gasteiger partial charge in [0.1, 0.15) is 4.32 Å². The maximum absolute atomic E-state index is 10.3. The van der Waals surface area contributed by atoms with E-state index in [1.165, 1.54) is 11.8 Å². The van der Waals surface area contributed by atoms with Gasteiger partial charge in [-0.25, -0.2) is 0 Å². The van der Waals surface area contributed by atoms with Gasteiger partial charge < -0.3 is 10.4 Å². The van der Waals surface area contributed by atoms with Crippen molar-refractivity contribution in [3.63, 3.8) is 0 Å². The third kappa shape index (κ3) is 6.51. The maximum atomic E-state index is 10.3. The third-order valence-corrected chi connectivity index (χ3v) is 3.42. The molecule has 0 fully saturated rings. The number of carboxylic acids is 1. The number of halogens is 1. The highest BCUT2D eigenvalue weighted by Gasteiger charge is 2.01. The van der Waals surface area contributed by atoms with E-state index in [1.54, 1.807) is 12.1 Å². The van der Waals surface area contributed by atoms with Gasteiger partial charge >= 0.3 is 5.97 Å². The Morgan fingerprint density at radius 1 is 1.41 bits per heavy atom. The van der Waals surface area contributed by atoms with Crippen LogP contribution >= 0.6 is 35.6 Å². The molecule has 2 N–H and O–H groups in total. The number of thiocarbonyl (C=S) groups is 1. The zero-order chi connectivity index (χ0) is 12.7. The summed E-state index contributed by atoms with van der Waals surface area (Å²) in [6.45, 7) is 0. The highest BCUT2D eigenvalue weighted by atomic mass is 35.5. The molecule has 0 radical (unpaired) electrons. The Morgan fingerprint density at radius 3 is 2.65 bits per heavy atom. The number of nitrogens with one attached hydrogen (secondary N) is 1. The van der Waals surface area contributed by atoms with Crippen molar-refractivity contribution in [3.05, 3.63) is 29.3 Å². The lowest BCUT2D eigenvalue weighted by molar-refractivity contribution is -0.137. The van der Waals surface area contributed by atoms with Gasteiger partial charge in [0.25, 0.3) is 0 Å². The average molecular weight is 290 g/mol. The molecule has 0 unspecified atom stereocenters. The fraction of sp³-hybridized carbons (Fsp3) is 0.273. The van der Waals surface area contributed by atoms with Gasteiger partial charge in [-0.2, -0.15) is 0 Å². The molecule has 6 heteroatoms. The van der Waals surface area contributed by atoms with Crippen molar-refractivity contribution in [2.24, 2.45) is 0 Å². The van der Waals surface area contributed by atoms with E-state index >= 15 is 0 Å². The largest absolute Gasteiger partial charge is 0.481 e. The molecule has 0 atom stereocenters. The molecule has 1 rings (SSSR count). The topological polar surface area (TPSA) is 49.3 Å². The number of rotatable bonds is 5. The first-order chi connectivity index (χ1) is 8.08. The van der Waals surface area contributed by atoms with Gasteiger partial charge in [-0.15, -0.1) is 0 Å². The highest BCUT2D eigenvalue weighted by molar-refractivity contribution is 8.23. The van der Waals surface area contributed by atoms with Crippen LogP contribution in [-0.4, -0.2) is 21.1 Å². The fourth-order valence-electron chi connectivity index (χ4n) is 1.08. The molecule has 1 aromatic carbocycles. The predicted octanol–water partition coefficient (Wildman–Crippen LogP) is 3.63. The van der Waals surface area contributed by atoms with E-state index in [-0.39, 0.29) is 6.42 Å². The summed E-state index contributed by atoms with van der Waals surface area (Å²) in [5, 5.41) is 12.2. The molecule has 0 heterocycles. The summed E-state index contributed by atoms with van der Waals surface area (Å²) >= 11 is 12.3. The quantitative estimate of drug-likeness (QED) is 0.640. The normalized spacial score (nSPS) is 9.94. The molecule has 0 aliphatic carbocycles. The van der Waals surface area contributed by atoms with Crippen LogP contribution in [0, 0.1) is 0 Å². The number of aliphatic carboxylic acids is 1. The summed E-state index contributed by atoms with van der Waals surface area (Å²) in [4.78, 5) is 10.3. The number of hydrogen-bond acceptors (Lipinski definition) is 3. The van der Waals surface area contributed by atoms with Crippen LogP contribution in [0.3, 0.4) is 0 Å². The molecule has 1 aromatic rings. The Bertz CT molecular complexity index is 395. The van der Waals surface area contributed by atoms with Gasteiger partial charge in [-0.05, 0) is 30.7 Å². The zero-order valence-electron chi connectivity index (χ0n) is 8.98. The number of carbonyl (C=O) groups is 1. The second-order valence-corrected chi connectivity index (χ2v) is 5.47. The summed E-state index contributed by atoms with van der Waals surface area (Å²) in [5.74, 6) is -0.0756. The summed E-state index contributed by atoms with van der Waals surface area (Å²) in [7, 11) is 0. The molecule has 92 valence electrons. The number of hydrogen-bond donors (Lipinski definition) is 2. The van der Waals surface area contributed by atoms with Crippen molar-refractivity contribution >= 4 is 51.6 Å². The second-order valence-electron chi connectivity index (χ2n) is 3.27. The standard InChI is InChI=1S/C11H12ClNO2S2/c12-8-3-5-9(6-4-8)13-11(16)17-7-1-2-10(14)15/h3-6H,1-2,7H2,(H,13,16)(H,14,15). The molecule has 0 bridgehead atoms. The lowest BCUT2D eigenvalue weighted by Gasteiger charge is -2.06. The van der Waals surface area contributed by atoms with Gasteiger partial charge in [0.05, 0.1) is 0 Å². The summed E-state index contributed by atoms with van der Waals surface area (Å²) < 4.78 is 0.637. The van der Waals surface area contributed by atoms with E-state index in [9.17, 15) is 4.79 Å². The van der Waals surface area contributed by atoms with Crippen LogP contribution in [0.5, 0.6) is 0 Å². The first-order valence-electron chi connectivity index (χ1n) is 4.99. The molecule has 0 saturated heterocycles. The van der Waals surface area contributed by atoms with Crippen LogP contribution in [0.4, 0.5) is 5.69 Å². The maximum Gasteiger partial charge on any atom is 0.303 e. The minimum absolute atomic E-state index is 0.177. The molecule has 0 spiro atoms. The van der Waals surface area contributed by atoms with E-state index < -0.39 is 5.97 Å². The Morgan fingerprint density at radius 2 is 2.06 bits per heavy atom. The van der Waals surface area contributed by atoms with Crippen molar-refractivity contribution < 1.29 is 9.90 Å². The first kappa shape index (κ1) is 14.3. The molecule has 0 saturated carbocycles. The average Bonchev–Trinajstić information content (AvgIpc) is 2.27. The van der Waals surface area contributed by atoms with Crippen molar-refractivity contribution in [1.82, 2.24) is 0 Å². The molecule has 0 aromatic heterocycles. The summed E-state index contributed by atoms with van der Waals surface area (Å²) in [6.07, 6.45) is 0.791. The van der Waals surface area contributed by atoms with Crippen LogP contribution in [-0.2, 0) is 4.79 Å². The van der Waals surface area contributed by atoms with Crippen LogP contribution in [0.15, 0.2) is 24.3 Å². The van der Waals surface area contributed by atoms with Crippen molar-refractivity contribution in [1.29, 1.82) is 0 Å². The Labute approximate surface area is 115 Å². The Hall–Kier alpha value is -0.780. The van der Waals surface area contributed by atoms with E-state index in [0.29, 0.717) is 21.5 Å². The van der Waals surface area contributed by atoms with E-state index in [2.05, 4.69) is 5.32 Å². The molecule has 0 aliphatic rings. The van der Waals surface area contributed by atoms with E-state index in [4.69, 9.17) is 28.9 Å².